The molecule has 0 unspecified atom stereocenters. The van der Waals surface area contributed by atoms with E-state index in [1.807, 2.05) is 24.3 Å². The molecule has 0 aliphatic carbocycles. The van der Waals surface area contributed by atoms with Gasteiger partial charge in [0.25, 0.3) is 11.3 Å². The quantitative estimate of drug-likeness (QED) is 0.688. The molecule has 1 aliphatic rings. The molecule has 0 atom stereocenters. The number of nitrogens with one attached hydrogen (secondary N) is 1. The van der Waals surface area contributed by atoms with E-state index in [9.17, 15) is 4.79 Å². The van der Waals surface area contributed by atoms with Crippen LogP contribution in [0.5, 0.6) is 5.75 Å². The summed E-state index contributed by atoms with van der Waals surface area (Å²) in [6, 6.07) is 9.07. The number of fused-ring (bicyclic) bond motifs is 1. The zero-order chi connectivity index (χ0) is 19.5. The molecule has 0 amide bonds. The lowest BCUT2D eigenvalue weighted by Gasteiger charge is -2.18. The van der Waals surface area contributed by atoms with E-state index < -0.39 is 0 Å². The average Bonchev–Trinajstić information content (AvgIpc) is 2.92. The van der Waals surface area contributed by atoms with Gasteiger partial charge >= 0.3 is 0 Å². The molecule has 146 valence electrons. The second kappa shape index (κ2) is 7.98. The molecule has 4 rings (SSSR count). The molecule has 3 heterocycles. The lowest BCUT2D eigenvalue weighted by molar-refractivity contribution is 0.273. The first-order chi connectivity index (χ1) is 13.6. The van der Waals surface area contributed by atoms with Crippen LogP contribution in [0.4, 0.5) is 0 Å². The number of rotatable bonds is 5. The third-order valence-electron chi connectivity index (χ3n) is 4.89. The highest BCUT2D eigenvalue weighted by atomic mass is 16.5. The number of ether oxygens (including phenoxy) is 1. The van der Waals surface area contributed by atoms with E-state index in [0.29, 0.717) is 29.7 Å². The number of allylic oxidation sites excluding steroid dienone is 1. The van der Waals surface area contributed by atoms with Crippen molar-refractivity contribution in [2.75, 3.05) is 13.1 Å². The summed E-state index contributed by atoms with van der Waals surface area (Å²) in [5.41, 5.74) is 1.49. The molecule has 0 bridgehead atoms. The third-order valence-corrected chi connectivity index (χ3v) is 4.89. The molecular formula is C21H25N5O2. The fourth-order valence-electron chi connectivity index (χ4n) is 3.54. The molecule has 0 radical (unpaired) electrons. The summed E-state index contributed by atoms with van der Waals surface area (Å²) in [5, 5.41) is 3.04. The van der Waals surface area contributed by atoms with Gasteiger partial charge < -0.3 is 4.74 Å². The normalized spacial score (nSPS) is 15.5. The van der Waals surface area contributed by atoms with Crippen LogP contribution in [0, 0.1) is 0 Å². The van der Waals surface area contributed by atoms with Crippen molar-refractivity contribution in [2.45, 2.75) is 39.2 Å². The van der Waals surface area contributed by atoms with Gasteiger partial charge in [0.05, 0.1) is 11.5 Å². The van der Waals surface area contributed by atoms with Crippen LogP contribution in [-0.2, 0) is 6.54 Å². The Labute approximate surface area is 163 Å². The Morgan fingerprint density at radius 1 is 1.14 bits per heavy atom. The van der Waals surface area contributed by atoms with Crippen molar-refractivity contribution < 1.29 is 4.74 Å². The zero-order valence-corrected chi connectivity index (χ0v) is 16.1. The van der Waals surface area contributed by atoms with E-state index in [-0.39, 0.29) is 5.56 Å². The molecule has 1 N–H and O–H groups in total. The minimum atomic E-state index is -0.143. The maximum absolute atomic E-state index is 12.5. The molecule has 0 spiro atoms. The Morgan fingerprint density at radius 3 is 2.54 bits per heavy atom. The Bertz CT molecular complexity index is 1030. The van der Waals surface area contributed by atoms with Crippen molar-refractivity contribution in [3.63, 3.8) is 0 Å². The number of hydrogen-bond donors (Lipinski definition) is 1. The Morgan fingerprint density at radius 2 is 1.86 bits per heavy atom. The second-order valence-electron chi connectivity index (χ2n) is 7.31. The first kappa shape index (κ1) is 18.4. The summed E-state index contributed by atoms with van der Waals surface area (Å²) in [6.45, 7) is 8.35. The summed E-state index contributed by atoms with van der Waals surface area (Å²) in [4.78, 5) is 24.0. The monoisotopic (exact) mass is 379 g/mol. The summed E-state index contributed by atoms with van der Waals surface area (Å²) < 4.78 is 6.87. The van der Waals surface area contributed by atoms with Crippen LogP contribution < -0.4 is 10.3 Å². The summed E-state index contributed by atoms with van der Waals surface area (Å²) in [5.74, 6) is 2.33. The topological polar surface area (TPSA) is 75.5 Å². The van der Waals surface area contributed by atoms with Crippen molar-refractivity contribution >= 4 is 5.78 Å². The van der Waals surface area contributed by atoms with Gasteiger partial charge in [-0.25, -0.2) is 4.98 Å². The largest absolute Gasteiger partial charge is 0.463 e. The van der Waals surface area contributed by atoms with E-state index in [0.717, 1.165) is 24.3 Å². The molecule has 7 nitrogen and oxygen atoms in total. The highest BCUT2D eigenvalue weighted by Crippen LogP contribution is 2.21. The number of aromatic nitrogens is 4. The summed E-state index contributed by atoms with van der Waals surface area (Å²) in [6.07, 6.45) is 4.98. The molecular weight excluding hydrogens is 354 g/mol. The Balaban J connectivity index is 1.59. The minimum absolute atomic E-state index is 0.143. The number of aromatic amines is 1. The highest BCUT2D eigenvalue weighted by Gasteiger charge is 2.14. The number of benzene rings is 1. The molecule has 3 aromatic rings. The van der Waals surface area contributed by atoms with Crippen LogP contribution in [0.3, 0.4) is 0 Å². The van der Waals surface area contributed by atoms with Gasteiger partial charge in [-0.15, -0.1) is 0 Å². The number of likely N-dealkylation sites (tertiary alicyclic amines) is 1. The fraction of sp³-hybridized carbons (Fsp3) is 0.381. The van der Waals surface area contributed by atoms with E-state index in [4.69, 9.17) is 4.74 Å². The SMILES string of the molecule is C=C(C)Oc1ccc(-c2nc3nc(CN4CCCCCC4)cc(=O)n3[nH]2)cc1. The number of H-pyrrole nitrogens is 1. The summed E-state index contributed by atoms with van der Waals surface area (Å²) >= 11 is 0. The maximum Gasteiger partial charge on any atom is 0.274 e. The molecule has 1 fully saturated rings. The van der Waals surface area contributed by atoms with Crippen LogP contribution in [0.2, 0.25) is 0 Å². The lowest BCUT2D eigenvalue weighted by atomic mass is 10.2. The minimum Gasteiger partial charge on any atom is -0.463 e. The zero-order valence-electron chi connectivity index (χ0n) is 16.1. The van der Waals surface area contributed by atoms with Gasteiger partial charge in [-0.3, -0.25) is 14.8 Å². The van der Waals surface area contributed by atoms with Crippen LogP contribution in [0.25, 0.3) is 17.2 Å². The number of nitrogens with zero attached hydrogens (tertiary/aromatic N) is 4. The third kappa shape index (κ3) is 4.14. The van der Waals surface area contributed by atoms with Crippen molar-refractivity contribution in [1.29, 1.82) is 0 Å². The molecule has 28 heavy (non-hydrogen) atoms. The van der Waals surface area contributed by atoms with Gasteiger partial charge in [0.2, 0.25) is 0 Å². The van der Waals surface area contributed by atoms with Crippen molar-refractivity contribution in [3.05, 3.63) is 58.7 Å². The van der Waals surface area contributed by atoms with Crippen LogP contribution in [0.1, 0.15) is 38.3 Å². The molecule has 2 aromatic heterocycles. The smallest absolute Gasteiger partial charge is 0.274 e. The van der Waals surface area contributed by atoms with E-state index >= 15 is 0 Å². The van der Waals surface area contributed by atoms with E-state index in [1.165, 1.54) is 30.2 Å². The molecule has 1 saturated heterocycles. The maximum atomic E-state index is 12.5. The second-order valence-corrected chi connectivity index (χ2v) is 7.31. The van der Waals surface area contributed by atoms with E-state index in [1.54, 1.807) is 13.0 Å². The van der Waals surface area contributed by atoms with Crippen molar-refractivity contribution in [2.24, 2.45) is 0 Å². The van der Waals surface area contributed by atoms with Gasteiger partial charge in [-0.1, -0.05) is 19.4 Å². The lowest BCUT2D eigenvalue weighted by Crippen LogP contribution is -2.26. The van der Waals surface area contributed by atoms with Gasteiger partial charge in [-0.05, 0) is 57.1 Å². The predicted molar refractivity (Wildman–Crippen MR) is 108 cm³/mol. The van der Waals surface area contributed by atoms with Gasteiger partial charge in [0, 0.05) is 18.2 Å². The fourth-order valence-corrected chi connectivity index (χ4v) is 3.54. The van der Waals surface area contributed by atoms with E-state index in [2.05, 4.69) is 26.5 Å². The van der Waals surface area contributed by atoms with Gasteiger partial charge in [0.15, 0.2) is 5.82 Å². The van der Waals surface area contributed by atoms with Crippen molar-refractivity contribution in [1.82, 2.24) is 24.5 Å². The first-order valence-corrected chi connectivity index (χ1v) is 9.73. The van der Waals surface area contributed by atoms with Gasteiger partial charge in [-0.2, -0.15) is 9.50 Å². The highest BCUT2D eigenvalue weighted by molar-refractivity contribution is 5.58. The van der Waals surface area contributed by atoms with Crippen molar-refractivity contribution in [3.8, 4) is 17.1 Å². The predicted octanol–water partition coefficient (Wildman–Crippen LogP) is 3.37. The van der Waals surface area contributed by atoms with Crippen LogP contribution >= 0.6 is 0 Å². The standard InChI is InChI=1S/C21H25N5O2/c1-15(2)28-18-9-7-16(8-10-18)20-23-21-22-17(13-19(27)26(21)24-20)14-25-11-5-3-4-6-12-25/h7-10,13H,1,3-6,11-12,14H2,2H3,(H,22,23,24). The molecule has 0 saturated carbocycles. The van der Waals surface area contributed by atoms with Gasteiger partial charge in [0.1, 0.15) is 5.75 Å². The molecule has 1 aromatic carbocycles. The Kier molecular flexibility index (Phi) is 5.25. The molecule has 1 aliphatic heterocycles. The first-order valence-electron chi connectivity index (χ1n) is 9.73. The average molecular weight is 379 g/mol. The van der Waals surface area contributed by atoms with Crippen LogP contribution in [0.15, 0.2) is 47.5 Å². The van der Waals surface area contributed by atoms with Crippen LogP contribution in [-0.4, -0.2) is 37.6 Å². The number of hydrogen-bond acceptors (Lipinski definition) is 5. The summed E-state index contributed by atoms with van der Waals surface area (Å²) in [7, 11) is 0. The Hall–Kier alpha value is -2.93. The molecule has 7 heteroatoms.